The van der Waals surface area contributed by atoms with Gasteiger partial charge in [-0.05, 0) is 30.5 Å². The average molecular weight is 181 g/mol. The van der Waals surface area contributed by atoms with E-state index in [9.17, 15) is 5.11 Å². The van der Waals surface area contributed by atoms with E-state index in [1.54, 1.807) is 12.1 Å². The average Bonchev–Trinajstić information content (AvgIpc) is 2.12. The third kappa shape index (κ3) is 1.99. The number of hydrogen-bond donors (Lipinski definition) is 3. The molecule has 3 nitrogen and oxygen atoms in total. The maximum Gasteiger partial charge on any atom is 0.121 e. The van der Waals surface area contributed by atoms with Gasteiger partial charge in [-0.3, -0.25) is 0 Å². The summed E-state index contributed by atoms with van der Waals surface area (Å²) in [5.41, 5.74) is 8.09. The molecular weight excluding hydrogens is 166 g/mol. The maximum atomic E-state index is 9.48. The number of hydrogen-bond acceptors (Lipinski definition) is 3. The number of rotatable bonds is 2. The second kappa shape index (κ2) is 3.77. The van der Waals surface area contributed by atoms with Gasteiger partial charge in [-0.15, -0.1) is 0 Å². The van der Waals surface area contributed by atoms with E-state index in [0.717, 1.165) is 16.7 Å². The predicted octanol–water partition coefficient (Wildman–Crippen LogP) is 1.00. The van der Waals surface area contributed by atoms with Crippen LogP contribution >= 0.6 is 0 Å². The standard InChI is InChI=1S/C10H15NO2/c1-6-3-8(9(11)5-12)4-7(2)10(6)13/h3-4,9,12-13H,5,11H2,1-2H3. The molecule has 3 heteroatoms. The van der Waals surface area contributed by atoms with E-state index >= 15 is 0 Å². The summed E-state index contributed by atoms with van der Waals surface area (Å²) in [6, 6.07) is 3.23. The van der Waals surface area contributed by atoms with Crippen LogP contribution in [0.4, 0.5) is 0 Å². The lowest BCUT2D eigenvalue weighted by atomic mass is 10.0. The van der Waals surface area contributed by atoms with Crippen LogP contribution in [-0.4, -0.2) is 16.8 Å². The molecule has 1 rings (SSSR count). The lowest BCUT2D eigenvalue weighted by molar-refractivity contribution is 0.268. The van der Waals surface area contributed by atoms with Crippen molar-refractivity contribution in [1.29, 1.82) is 0 Å². The van der Waals surface area contributed by atoms with Crippen molar-refractivity contribution in [1.82, 2.24) is 0 Å². The highest BCUT2D eigenvalue weighted by atomic mass is 16.3. The molecule has 0 saturated carbocycles. The Labute approximate surface area is 77.8 Å². The molecule has 13 heavy (non-hydrogen) atoms. The zero-order valence-electron chi connectivity index (χ0n) is 7.91. The van der Waals surface area contributed by atoms with Gasteiger partial charge in [0.05, 0.1) is 12.6 Å². The van der Waals surface area contributed by atoms with Gasteiger partial charge in [0.1, 0.15) is 5.75 Å². The molecule has 72 valence electrons. The molecule has 0 aliphatic carbocycles. The van der Waals surface area contributed by atoms with Gasteiger partial charge in [0, 0.05) is 0 Å². The minimum atomic E-state index is -0.363. The summed E-state index contributed by atoms with van der Waals surface area (Å²) in [6.07, 6.45) is 0. The van der Waals surface area contributed by atoms with E-state index < -0.39 is 0 Å². The van der Waals surface area contributed by atoms with Gasteiger partial charge < -0.3 is 15.9 Å². The quantitative estimate of drug-likeness (QED) is 0.637. The summed E-state index contributed by atoms with van der Waals surface area (Å²) < 4.78 is 0. The Morgan fingerprint density at radius 1 is 1.31 bits per heavy atom. The first-order valence-corrected chi connectivity index (χ1v) is 4.22. The highest BCUT2D eigenvalue weighted by molar-refractivity contribution is 5.43. The smallest absolute Gasteiger partial charge is 0.121 e. The van der Waals surface area contributed by atoms with E-state index in [1.165, 1.54) is 0 Å². The van der Waals surface area contributed by atoms with E-state index in [1.807, 2.05) is 13.8 Å². The third-order valence-corrected chi connectivity index (χ3v) is 2.14. The fourth-order valence-electron chi connectivity index (χ4n) is 1.31. The summed E-state index contributed by atoms with van der Waals surface area (Å²) in [5.74, 6) is 0.300. The van der Waals surface area contributed by atoms with Crippen molar-refractivity contribution < 1.29 is 10.2 Å². The molecule has 1 aromatic rings. The Bertz CT molecular complexity index is 287. The van der Waals surface area contributed by atoms with Crippen molar-refractivity contribution in [2.45, 2.75) is 19.9 Å². The minimum Gasteiger partial charge on any atom is -0.507 e. The predicted molar refractivity (Wildman–Crippen MR) is 51.6 cm³/mol. The monoisotopic (exact) mass is 181 g/mol. The van der Waals surface area contributed by atoms with Crippen molar-refractivity contribution in [2.24, 2.45) is 5.73 Å². The molecule has 0 bridgehead atoms. The first-order chi connectivity index (χ1) is 6.06. The second-order valence-electron chi connectivity index (χ2n) is 3.29. The molecule has 1 atom stereocenters. The molecule has 0 spiro atoms. The molecule has 0 amide bonds. The van der Waals surface area contributed by atoms with Crippen LogP contribution in [0.3, 0.4) is 0 Å². The summed E-state index contributed by atoms with van der Waals surface area (Å²) in [6.45, 7) is 3.55. The number of aliphatic hydroxyl groups excluding tert-OH is 1. The first kappa shape index (κ1) is 10.0. The topological polar surface area (TPSA) is 66.5 Å². The Morgan fingerprint density at radius 2 is 1.77 bits per heavy atom. The van der Waals surface area contributed by atoms with Crippen LogP contribution in [-0.2, 0) is 0 Å². The normalized spacial score (nSPS) is 12.9. The highest BCUT2D eigenvalue weighted by Crippen LogP contribution is 2.25. The fraction of sp³-hybridized carbons (Fsp3) is 0.400. The molecule has 0 fully saturated rings. The number of aliphatic hydroxyl groups is 1. The Balaban J connectivity index is 3.13. The van der Waals surface area contributed by atoms with E-state index in [-0.39, 0.29) is 12.6 Å². The lowest BCUT2D eigenvalue weighted by Crippen LogP contribution is -2.14. The Morgan fingerprint density at radius 3 is 2.15 bits per heavy atom. The lowest BCUT2D eigenvalue weighted by Gasteiger charge is -2.12. The van der Waals surface area contributed by atoms with Crippen LogP contribution in [0.2, 0.25) is 0 Å². The van der Waals surface area contributed by atoms with E-state index in [0.29, 0.717) is 5.75 Å². The van der Waals surface area contributed by atoms with E-state index in [2.05, 4.69) is 0 Å². The third-order valence-electron chi connectivity index (χ3n) is 2.14. The van der Waals surface area contributed by atoms with Crippen molar-refractivity contribution in [3.8, 4) is 5.75 Å². The Kier molecular flexibility index (Phi) is 2.90. The van der Waals surface area contributed by atoms with Gasteiger partial charge in [0.15, 0.2) is 0 Å². The van der Waals surface area contributed by atoms with Crippen LogP contribution in [0.15, 0.2) is 12.1 Å². The van der Waals surface area contributed by atoms with E-state index in [4.69, 9.17) is 10.8 Å². The molecule has 0 aliphatic rings. The number of aryl methyl sites for hydroxylation is 2. The van der Waals surface area contributed by atoms with Gasteiger partial charge >= 0.3 is 0 Å². The SMILES string of the molecule is Cc1cc(C(N)CO)cc(C)c1O. The fourth-order valence-corrected chi connectivity index (χ4v) is 1.31. The van der Waals surface area contributed by atoms with Crippen molar-refractivity contribution >= 4 is 0 Å². The zero-order chi connectivity index (χ0) is 10.0. The molecule has 0 aromatic heterocycles. The number of phenolic OH excluding ortho intramolecular Hbond substituents is 1. The number of benzene rings is 1. The van der Waals surface area contributed by atoms with Gasteiger partial charge in [-0.1, -0.05) is 12.1 Å². The molecule has 1 aromatic carbocycles. The van der Waals surface area contributed by atoms with Gasteiger partial charge in [0.2, 0.25) is 0 Å². The summed E-state index contributed by atoms with van der Waals surface area (Å²) >= 11 is 0. The summed E-state index contributed by atoms with van der Waals surface area (Å²) in [5, 5.41) is 18.3. The van der Waals surface area contributed by atoms with Gasteiger partial charge in [-0.2, -0.15) is 0 Å². The first-order valence-electron chi connectivity index (χ1n) is 4.22. The van der Waals surface area contributed by atoms with Gasteiger partial charge in [-0.25, -0.2) is 0 Å². The molecular formula is C10H15NO2. The van der Waals surface area contributed by atoms with Gasteiger partial charge in [0.25, 0.3) is 0 Å². The van der Waals surface area contributed by atoms with Crippen LogP contribution in [0, 0.1) is 13.8 Å². The molecule has 0 radical (unpaired) electrons. The molecule has 0 saturated heterocycles. The van der Waals surface area contributed by atoms with Crippen LogP contribution in [0.1, 0.15) is 22.7 Å². The Hall–Kier alpha value is -1.06. The van der Waals surface area contributed by atoms with Crippen LogP contribution in [0.5, 0.6) is 5.75 Å². The highest BCUT2D eigenvalue weighted by Gasteiger charge is 2.08. The van der Waals surface area contributed by atoms with Crippen molar-refractivity contribution in [3.63, 3.8) is 0 Å². The molecule has 0 aliphatic heterocycles. The minimum absolute atomic E-state index is 0.0797. The van der Waals surface area contributed by atoms with Crippen molar-refractivity contribution in [3.05, 3.63) is 28.8 Å². The van der Waals surface area contributed by atoms with Crippen LogP contribution in [0.25, 0.3) is 0 Å². The number of nitrogens with two attached hydrogens (primary N) is 1. The largest absolute Gasteiger partial charge is 0.507 e. The molecule has 4 N–H and O–H groups in total. The zero-order valence-corrected chi connectivity index (χ0v) is 7.91. The summed E-state index contributed by atoms with van der Waals surface area (Å²) in [4.78, 5) is 0. The van der Waals surface area contributed by atoms with Crippen molar-refractivity contribution in [2.75, 3.05) is 6.61 Å². The van der Waals surface area contributed by atoms with Crippen LogP contribution < -0.4 is 5.73 Å². The maximum absolute atomic E-state index is 9.48. The molecule has 0 heterocycles. The number of aromatic hydroxyl groups is 1. The number of phenols is 1. The molecule has 1 unspecified atom stereocenters. The summed E-state index contributed by atoms with van der Waals surface area (Å²) in [7, 11) is 0. The second-order valence-corrected chi connectivity index (χ2v) is 3.29.